The van der Waals surface area contributed by atoms with Gasteiger partial charge in [-0.25, -0.2) is 13.1 Å². The van der Waals surface area contributed by atoms with Crippen molar-refractivity contribution in [2.24, 2.45) is 0 Å². The Morgan fingerprint density at radius 1 is 1.57 bits per heavy atom. The molecule has 1 aliphatic rings. The number of hydrogen-bond acceptors (Lipinski definition) is 5. The molecule has 0 aromatic carbocycles. The van der Waals surface area contributed by atoms with E-state index in [0.29, 0.717) is 18.2 Å². The van der Waals surface area contributed by atoms with E-state index in [2.05, 4.69) is 10.1 Å². The number of nitrogens with two attached hydrogens (primary N) is 1. The van der Waals surface area contributed by atoms with Gasteiger partial charge in [0.15, 0.2) is 9.84 Å². The zero-order chi connectivity index (χ0) is 10.3. The Morgan fingerprint density at radius 3 is 2.71 bits per heavy atom. The van der Waals surface area contributed by atoms with E-state index in [9.17, 15) is 8.42 Å². The van der Waals surface area contributed by atoms with E-state index in [1.807, 2.05) is 0 Å². The van der Waals surface area contributed by atoms with E-state index >= 15 is 0 Å². The van der Waals surface area contributed by atoms with E-state index in [0.717, 1.165) is 0 Å². The van der Waals surface area contributed by atoms with Crippen LogP contribution in [0.4, 0.5) is 5.95 Å². The normalized spacial score (nSPS) is 25.4. The van der Waals surface area contributed by atoms with Gasteiger partial charge in [0.2, 0.25) is 5.95 Å². The van der Waals surface area contributed by atoms with Gasteiger partial charge in [-0.1, -0.05) is 0 Å². The quantitative estimate of drug-likeness (QED) is 0.685. The van der Waals surface area contributed by atoms with Gasteiger partial charge in [-0.05, 0) is 13.3 Å². The first kappa shape index (κ1) is 9.45. The van der Waals surface area contributed by atoms with Crippen molar-refractivity contribution in [1.29, 1.82) is 0 Å². The molecular weight excluding hydrogens is 204 g/mol. The molecule has 7 heteroatoms. The highest BCUT2D eigenvalue weighted by Crippen LogP contribution is 2.24. The molecule has 1 aromatic rings. The molecule has 6 nitrogen and oxygen atoms in total. The number of aromatic nitrogens is 3. The summed E-state index contributed by atoms with van der Waals surface area (Å²) in [4.78, 5) is 3.94. The molecule has 0 amide bonds. The van der Waals surface area contributed by atoms with Crippen LogP contribution in [0.15, 0.2) is 0 Å². The van der Waals surface area contributed by atoms with Crippen LogP contribution in [-0.4, -0.2) is 34.7 Å². The number of nitrogens with zero attached hydrogens (tertiary/aromatic N) is 3. The van der Waals surface area contributed by atoms with Crippen LogP contribution in [0.25, 0.3) is 0 Å². The van der Waals surface area contributed by atoms with E-state index in [1.165, 1.54) is 4.68 Å². The smallest absolute Gasteiger partial charge is 0.218 e. The number of rotatable bonds is 1. The van der Waals surface area contributed by atoms with Crippen LogP contribution in [0.2, 0.25) is 0 Å². The maximum absolute atomic E-state index is 11.2. The molecule has 2 rings (SSSR count). The molecule has 0 radical (unpaired) electrons. The first-order chi connectivity index (χ1) is 6.48. The second-order valence-electron chi connectivity index (χ2n) is 3.52. The third-order valence-electron chi connectivity index (χ3n) is 2.32. The molecule has 0 spiro atoms. The van der Waals surface area contributed by atoms with Crippen LogP contribution in [0.5, 0.6) is 0 Å². The highest BCUT2D eigenvalue weighted by Gasteiger charge is 2.31. The monoisotopic (exact) mass is 216 g/mol. The summed E-state index contributed by atoms with van der Waals surface area (Å²) < 4.78 is 24.0. The van der Waals surface area contributed by atoms with E-state index in [-0.39, 0.29) is 17.5 Å². The number of anilines is 1. The van der Waals surface area contributed by atoms with Gasteiger partial charge in [-0.15, -0.1) is 0 Å². The maximum atomic E-state index is 11.2. The van der Waals surface area contributed by atoms with Crippen molar-refractivity contribution >= 4 is 15.8 Å². The van der Waals surface area contributed by atoms with Gasteiger partial charge in [0.25, 0.3) is 0 Å². The zero-order valence-electron chi connectivity index (χ0n) is 7.84. The number of hydrogen-bond donors (Lipinski definition) is 1. The minimum absolute atomic E-state index is 0.125. The summed E-state index contributed by atoms with van der Waals surface area (Å²) in [5.74, 6) is 1.21. The molecule has 1 aromatic heterocycles. The van der Waals surface area contributed by atoms with Gasteiger partial charge >= 0.3 is 0 Å². The predicted molar refractivity (Wildman–Crippen MR) is 51.5 cm³/mol. The summed E-state index contributed by atoms with van der Waals surface area (Å²) in [5.41, 5.74) is 5.60. The molecule has 1 atom stereocenters. The van der Waals surface area contributed by atoms with Crippen LogP contribution in [0.1, 0.15) is 18.3 Å². The standard InChI is InChI=1S/C7H12N4O2S/c1-5-9-7(8)11(10-5)6-2-3-14(12,13)4-6/h6H,2-4H2,1H3,(H2,8,9,10). The van der Waals surface area contributed by atoms with Crippen LogP contribution < -0.4 is 5.73 Å². The fraction of sp³-hybridized carbons (Fsp3) is 0.714. The first-order valence-corrected chi connectivity index (χ1v) is 6.19. The number of sulfone groups is 1. The zero-order valence-corrected chi connectivity index (χ0v) is 8.66. The van der Waals surface area contributed by atoms with Crippen molar-refractivity contribution < 1.29 is 8.42 Å². The van der Waals surface area contributed by atoms with Crippen molar-refractivity contribution in [1.82, 2.24) is 14.8 Å². The van der Waals surface area contributed by atoms with Crippen molar-refractivity contribution in [3.63, 3.8) is 0 Å². The fourth-order valence-electron chi connectivity index (χ4n) is 1.68. The molecule has 1 fully saturated rings. The minimum Gasteiger partial charge on any atom is -0.368 e. The maximum Gasteiger partial charge on any atom is 0.218 e. The van der Waals surface area contributed by atoms with Gasteiger partial charge < -0.3 is 5.73 Å². The van der Waals surface area contributed by atoms with Crippen LogP contribution in [0.3, 0.4) is 0 Å². The molecule has 14 heavy (non-hydrogen) atoms. The molecule has 1 saturated heterocycles. The molecule has 0 saturated carbocycles. The highest BCUT2D eigenvalue weighted by molar-refractivity contribution is 7.91. The van der Waals surface area contributed by atoms with Gasteiger partial charge in [0.05, 0.1) is 17.5 Å². The Kier molecular flexibility index (Phi) is 1.99. The number of nitrogen functional groups attached to an aromatic ring is 1. The summed E-state index contributed by atoms with van der Waals surface area (Å²) in [7, 11) is -2.90. The third-order valence-corrected chi connectivity index (χ3v) is 4.07. The summed E-state index contributed by atoms with van der Waals surface area (Å²) >= 11 is 0. The third kappa shape index (κ3) is 1.59. The lowest BCUT2D eigenvalue weighted by molar-refractivity contribution is 0.503. The molecule has 2 N–H and O–H groups in total. The Bertz CT molecular complexity index is 450. The van der Waals surface area contributed by atoms with Crippen LogP contribution in [-0.2, 0) is 9.84 Å². The van der Waals surface area contributed by atoms with Gasteiger partial charge in [-0.2, -0.15) is 10.1 Å². The molecule has 1 unspecified atom stereocenters. The first-order valence-electron chi connectivity index (χ1n) is 4.37. The van der Waals surface area contributed by atoms with Crippen molar-refractivity contribution in [3.8, 4) is 0 Å². The Labute approximate surface area is 82.0 Å². The van der Waals surface area contributed by atoms with Gasteiger partial charge in [0, 0.05) is 0 Å². The van der Waals surface area contributed by atoms with E-state index in [4.69, 9.17) is 5.73 Å². The van der Waals surface area contributed by atoms with E-state index < -0.39 is 9.84 Å². The fourth-order valence-corrected chi connectivity index (χ4v) is 3.38. The topological polar surface area (TPSA) is 90.9 Å². The van der Waals surface area contributed by atoms with Gasteiger partial charge in [0.1, 0.15) is 5.82 Å². The lowest BCUT2D eigenvalue weighted by Crippen LogP contribution is -2.14. The second-order valence-corrected chi connectivity index (χ2v) is 5.75. The predicted octanol–water partition coefficient (Wildman–Crippen LogP) is -0.472. The molecule has 0 aliphatic carbocycles. The molecule has 78 valence electrons. The SMILES string of the molecule is Cc1nc(N)n(C2CCS(=O)(=O)C2)n1. The summed E-state index contributed by atoms with van der Waals surface area (Å²) in [6.07, 6.45) is 0.579. The molecule has 1 aliphatic heterocycles. The average molecular weight is 216 g/mol. The summed E-state index contributed by atoms with van der Waals surface area (Å²) in [5, 5.41) is 4.07. The second kappa shape index (κ2) is 2.94. The van der Waals surface area contributed by atoms with Crippen molar-refractivity contribution in [2.75, 3.05) is 17.2 Å². The molecular formula is C7H12N4O2S. The van der Waals surface area contributed by atoms with Crippen molar-refractivity contribution in [3.05, 3.63) is 5.82 Å². The van der Waals surface area contributed by atoms with Crippen LogP contribution >= 0.6 is 0 Å². The van der Waals surface area contributed by atoms with Gasteiger partial charge in [-0.3, -0.25) is 0 Å². The van der Waals surface area contributed by atoms with Crippen LogP contribution in [0, 0.1) is 6.92 Å². The molecule has 0 bridgehead atoms. The summed E-state index contributed by atoms with van der Waals surface area (Å²) in [6, 6.07) is -0.138. The van der Waals surface area contributed by atoms with Crippen molar-refractivity contribution in [2.45, 2.75) is 19.4 Å². The molecule has 2 heterocycles. The summed E-state index contributed by atoms with van der Waals surface area (Å²) in [6.45, 7) is 1.73. The Morgan fingerprint density at radius 2 is 2.29 bits per heavy atom. The van der Waals surface area contributed by atoms with E-state index in [1.54, 1.807) is 6.92 Å². The average Bonchev–Trinajstić information content (AvgIpc) is 2.55. The highest BCUT2D eigenvalue weighted by atomic mass is 32.2. The Hall–Kier alpha value is -1.11. The lowest BCUT2D eigenvalue weighted by atomic mass is 10.3. The lowest BCUT2D eigenvalue weighted by Gasteiger charge is -2.08. The number of aryl methyl sites for hydroxylation is 1. The minimum atomic E-state index is -2.90. The largest absolute Gasteiger partial charge is 0.368 e. The Balaban J connectivity index is 2.30.